The summed E-state index contributed by atoms with van der Waals surface area (Å²) in [6.45, 7) is 0.313. The molecule has 2 aliphatic rings. The molecule has 0 radical (unpaired) electrons. The Morgan fingerprint density at radius 2 is 1.62 bits per heavy atom. The van der Waals surface area contributed by atoms with Crippen LogP contribution in [0.1, 0.15) is 38.0 Å². The molecule has 3 aromatic carbocycles. The maximum atomic E-state index is 13.4. The lowest BCUT2D eigenvalue weighted by atomic mass is 10.0. The summed E-state index contributed by atoms with van der Waals surface area (Å²) < 4.78 is 0. The van der Waals surface area contributed by atoms with E-state index in [0.29, 0.717) is 29.8 Å². The van der Waals surface area contributed by atoms with Crippen LogP contribution in [-0.2, 0) is 11.2 Å². The molecule has 2 aliphatic heterocycles. The second kappa shape index (κ2) is 7.88. The monoisotopic (exact) mass is 450 g/mol. The summed E-state index contributed by atoms with van der Waals surface area (Å²) in [5.41, 5.74) is 4.48. The number of fused-ring (bicyclic) bond motifs is 6. The van der Waals surface area contributed by atoms with Crippen molar-refractivity contribution in [1.29, 1.82) is 0 Å². The maximum Gasteiger partial charge on any atom is 0.260 e. The van der Waals surface area contributed by atoms with Crippen molar-refractivity contribution in [2.75, 3.05) is 18.0 Å². The van der Waals surface area contributed by atoms with Crippen LogP contribution in [0.3, 0.4) is 0 Å². The molecule has 3 heterocycles. The molecule has 4 aromatic rings. The quantitative estimate of drug-likeness (QED) is 0.487. The van der Waals surface area contributed by atoms with E-state index in [9.17, 15) is 14.4 Å². The highest BCUT2D eigenvalue weighted by Gasteiger charge is 2.47. The van der Waals surface area contributed by atoms with Crippen molar-refractivity contribution in [3.63, 3.8) is 0 Å². The molecule has 34 heavy (non-hydrogen) atoms. The summed E-state index contributed by atoms with van der Waals surface area (Å²) in [4.78, 5) is 45.9. The van der Waals surface area contributed by atoms with E-state index >= 15 is 0 Å². The van der Waals surface area contributed by atoms with Gasteiger partial charge in [0, 0.05) is 34.8 Å². The van der Waals surface area contributed by atoms with Crippen molar-refractivity contribution < 1.29 is 14.4 Å². The molecule has 7 nitrogen and oxygen atoms in total. The fourth-order valence-electron chi connectivity index (χ4n) is 5.02. The van der Waals surface area contributed by atoms with Gasteiger partial charge >= 0.3 is 0 Å². The average Bonchev–Trinajstić information content (AvgIpc) is 3.41. The van der Waals surface area contributed by atoms with E-state index in [1.807, 2.05) is 48.7 Å². The van der Waals surface area contributed by atoms with Gasteiger partial charge in [0.15, 0.2) is 0 Å². The molecule has 0 unspecified atom stereocenters. The van der Waals surface area contributed by atoms with Crippen LogP contribution in [0, 0.1) is 0 Å². The predicted octanol–water partition coefficient (Wildman–Crippen LogP) is 3.64. The maximum absolute atomic E-state index is 13.4. The number of hydrogen-bond acceptors (Lipinski definition) is 3. The number of hydrogen-bond donors (Lipinski definition) is 2. The number of nitrogens with zero attached hydrogens (tertiary/aromatic N) is 2. The van der Waals surface area contributed by atoms with Gasteiger partial charge in [0.2, 0.25) is 5.91 Å². The third-order valence-electron chi connectivity index (χ3n) is 6.59. The topological polar surface area (TPSA) is 85.5 Å². The second-order valence-electron chi connectivity index (χ2n) is 8.55. The van der Waals surface area contributed by atoms with Gasteiger partial charge in [0.1, 0.15) is 12.7 Å². The predicted molar refractivity (Wildman–Crippen MR) is 128 cm³/mol. The molecule has 1 atom stereocenters. The van der Waals surface area contributed by atoms with Crippen molar-refractivity contribution >= 4 is 34.3 Å². The first kappa shape index (κ1) is 20.2. The van der Waals surface area contributed by atoms with Crippen LogP contribution in [0.2, 0.25) is 0 Å². The zero-order chi connectivity index (χ0) is 23.2. The van der Waals surface area contributed by atoms with E-state index in [1.54, 1.807) is 29.2 Å². The van der Waals surface area contributed by atoms with Gasteiger partial charge in [0.05, 0.1) is 11.3 Å². The fourth-order valence-corrected chi connectivity index (χ4v) is 5.02. The number of carbonyl (C=O) groups is 3. The van der Waals surface area contributed by atoms with E-state index in [0.717, 1.165) is 22.0 Å². The first-order chi connectivity index (χ1) is 16.6. The molecular formula is C27H22N4O3. The van der Waals surface area contributed by atoms with Gasteiger partial charge in [-0.3, -0.25) is 19.3 Å². The van der Waals surface area contributed by atoms with Crippen LogP contribution in [0.5, 0.6) is 0 Å². The highest BCUT2D eigenvalue weighted by molar-refractivity contribution is 6.17. The van der Waals surface area contributed by atoms with Gasteiger partial charge in [-0.15, -0.1) is 0 Å². The Labute approximate surface area is 196 Å². The van der Waals surface area contributed by atoms with Crippen molar-refractivity contribution in [2.24, 2.45) is 0 Å². The van der Waals surface area contributed by atoms with Crippen molar-refractivity contribution in [2.45, 2.75) is 12.6 Å². The van der Waals surface area contributed by atoms with Gasteiger partial charge in [-0.2, -0.15) is 0 Å². The number of carbonyl (C=O) groups excluding carboxylic acids is 3. The average molecular weight is 450 g/mol. The molecule has 0 fully saturated rings. The molecule has 2 N–H and O–H groups in total. The summed E-state index contributed by atoms with van der Waals surface area (Å²) in [5, 5.41) is 4.08. The van der Waals surface area contributed by atoms with Crippen LogP contribution < -0.4 is 10.2 Å². The smallest absolute Gasteiger partial charge is 0.260 e. The van der Waals surface area contributed by atoms with Crippen molar-refractivity contribution in [3.8, 4) is 0 Å². The van der Waals surface area contributed by atoms with E-state index < -0.39 is 6.17 Å². The molecule has 0 saturated carbocycles. The lowest BCUT2D eigenvalue weighted by Crippen LogP contribution is -2.51. The summed E-state index contributed by atoms with van der Waals surface area (Å²) in [5.74, 6) is -0.678. The standard InChI is InChI=1S/C27H22N4O3/c32-24(28-14-13-17-15-29-22-11-5-3-7-18(17)22)16-30-25-19-8-1-2-9-20(19)27(34)31(25)23-12-6-4-10-21(23)26(30)33/h1-12,15,25,29H,13-14,16H2,(H,28,32)/t25-/m0/s1. The molecule has 7 heteroatoms. The first-order valence-electron chi connectivity index (χ1n) is 11.3. The van der Waals surface area contributed by atoms with E-state index in [1.165, 1.54) is 4.90 Å². The Balaban J connectivity index is 1.23. The minimum absolute atomic E-state index is 0.135. The Morgan fingerprint density at radius 1 is 0.882 bits per heavy atom. The summed E-state index contributed by atoms with van der Waals surface area (Å²) in [7, 11) is 0. The molecule has 0 spiro atoms. The fraction of sp³-hybridized carbons (Fsp3) is 0.148. The number of aromatic amines is 1. The van der Waals surface area contributed by atoms with E-state index in [2.05, 4.69) is 16.4 Å². The number of nitrogens with one attached hydrogen (secondary N) is 2. The number of para-hydroxylation sites is 2. The van der Waals surface area contributed by atoms with Crippen LogP contribution in [0.15, 0.2) is 79.0 Å². The molecular weight excluding hydrogens is 428 g/mol. The SMILES string of the molecule is O=C(CN1C(=O)c2ccccc2N2C(=O)c3ccccc3[C@@H]12)NCCc1c[nH]c2ccccc12. The lowest BCUT2D eigenvalue weighted by Gasteiger charge is -2.40. The van der Waals surface area contributed by atoms with Crippen LogP contribution in [0.4, 0.5) is 5.69 Å². The molecule has 1 aromatic heterocycles. The highest BCUT2D eigenvalue weighted by Crippen LogP contribution is 2.44. The third kappa shape index (κ3) is 3.08. The number of aromatic nitrogens is 1. The first-order valence-corrected chi connectivity index (χ1v) is 11.3. The number of benzene rings is 3. The van der Waals surface area contributed by atoms with Crippen molar-refractivity contribution in [3.05, 3.63) is 101 Å². The van der Waals surface area contributed by atoms with Gasteiger partial charge in [-0.1, -0.05) is 48.5 Å². The molecule has 0 saturated heterocycles. The summed E-state index contributed by atoms with van der Waals surface area (Å²) in [6.07, 6.45) is 2.00. The summed E-state index contributed by atoms with van der Waals surface area (Å²) in [6, 6.07) is 22.4. The highest BCUT2D eigenvalue weighted by atomic mass is 16.2. The van der Waals surface area contributed by atoms with Gasteiger partial charge in [-0.05, 0) is 36.2 Å². The minimum Gasteiger partial charge on any atom is -0.361 e. The van der Waals surface area contributed by atoms with Gasteiger partial charge < -0.3 is 15.2 Å². The molecule has 3 amide bonds. The largest absolute Gasteiger partial charge is 0.361 e. The number of rotatable bonds is 5. The number of H-pyrrole nitrogens is 1. The number of amides is 3. The van der Waals surface area contributed by atoms with Crippen LogP contribution in [0.25, 0.3) is 10.9 Å². The van der Waals surface area contributed by atoms with E-state index in [-0.39, 0.29) is 24.3 Å². The Hall–Kier alpha value is -4.39. The normalized spacial score (nSPS) is 16.4. The zero-order valence-electron chi connectivity index (χ0n) is 18.3. The Morgan fingerprint density at radius 3 is 2.50 bits per heavy atom. The molecule has 168 valence electrons. The van der Waals surface area contributed by atoms with Gasteiger partial charge in [0.25, 0.3) is 11.8 Å². The minimum atomic E-state index is -0.634. The summed E-state index contributed by atoms with van der Waals surface area (Å²) >= 11 is 0. The number of anilines is 1. The molecule has 0 aliphatic carbocycles. The van der Waals surface area contributed by atoms with Crippen LogP contribution >= 0.6 is 0 Å². The molecule has 0 bridgehead atoms. The molecule has 6 rings (SSSR count). The lowest BCUT2D eigenvalue weighted by molar-refractivity contribution is -0.122. The van der Waals surface area contributed by atoms with Gasteiger partial charge in [-0.25, -0.2) is 0 Å². The second-order valence-corrected chi connectivity index (χ2v) is 8.55. The Bertz CT molecular complexity index is 1460. The third-order valence-corrected chi connectivity index (χ3v) is 6.59. The van der Waals surface area contributed by atoms with Crippen molar-refractivity contribution in [1.82, 2.24) is 15.2 Å². The Kier molecular flexibility index (Phi) is 4.69. The van der Waals surface area contributed by atoms with E-state index in [4.69, 9.17) is 0 Å². The van der Waals surface area contributed by atoms with Crippen LogP contribution in [-0.4, -0.2) is 40.7 Å². The zero-order valence-corrected chi connectivity index (χ0v) is 18.3.